The van der Waals surface area contributed by atoms with E-state index in [0.29, 0.717) is 22.8 Å². The van der Waals surface area contributed by atoms with Gasteiger partial charge in [-0.15, -0.1) is 0 Å². The Bertz CT molecular complexity index is 552. The van der Waals surface area contributed by atoms with E-state index in [1.807, 2.05) is 0 Å². The number of carbonyl (C=O) groups is 1. The molecule has 4 rings (SSSR count). The predicted octanol–water partition coefficient (Wildman–Crippen LogP) is 4.80. The van der Waals surface area contributed by atoms with Gasteiger partial charge in [0.05, 0.1) is 6.04 Å². The van der Waals surface area contributed by atoms with E-state index < -0.39 is 0 Å². The van der Waals surface area contributed by atoms with E-state index in [2.05, 4.69) is 38.8 Å². The van der Waals surface area contributed by atoms with Gasteiger partial charge in [-0.2, -0.15) is 0 Å². The van der Waals surface area contributed by atoms with Gasteiger partial charge in [0.1, 0.15) is 0 Å². The van der Waals surface area contributed by atoms with Gasteiger partial charge in [-0.25, -0.2) is 0 Å². The normalized spacial score (nSPS) is 51.4. The van der Waals surface area contributed by atoms with Crippen molar-refractivity contribution >= 4 is 5.91 Å². The molecule has 128 valence electrons. The van der Waals surface area contributed by atoms with Gasteiger partial charge in [0, 0.05) is 13.5 Å². The van der Waals surface area contributed by atoms with Crippen LogP contribution in [0.4, 0.5) is 0 Å². The molecule has 1 unspecified atom stereocenters. The molecule has 2 nitrogen and oxygen atoms in total. The summed E-state index contributed by atoms with van der Waals surface area (Å²) >= 11 is 0. The molecule has 1 amide bonds. The van der Waals surface area contributed by atoms with Crippen LogP contribution in [0.25, 0.3) is 0 Å². The first-order valence-electron chi connectivity index (χ1n) is 9.81. The fourth-order valence-corrected chi connectivity index (χ4v) is 7.38. The van der Waals surface area contributed by atoms with Crippen molar-refractivity contribution in [2.45, 2.75) is 78.2 Å². The Balaban J connectivity index is 1.75. The number of hydrogen-bond donors (Lipinski definition) is 0. The number of hydrogen-bond acceptors (Lipinski definition) is 1. The van der Waals surface area contributed by atoms with Gasteiger partial charge >= 0.3 is 0 Å². The van der Waals surface area contributed by atoms with Crippen LogP contribution in [-0.4, -0.2) is 23.9 Å². The third-order valence-corrected chi connectivity index (χ3v) is 8.54. The summed E-state index contributed by atoms with van der Waals surface area (Å²) in [4.78, 5) is 14.4. The van der Waals surface area contributed by atoms with Crippen LogP contribution in [0.2, 0.25) is 0 Å². The van der Waals surface area contributed by atoms with Crippen molar-refractivity contribution in [3.05, 3.63) is 11.6 Å². The maximum absolute atomic E-state index is 12.3. The molecule has 0 aromatic rings. The maximum atomic E-state index is 12.3. The summed E-state index contributed by atoms with van der Waals surface area (Å²) in [5, 5.41) is 0. The van der Waals surface area contributed by atoms with Gasteiger partial charge < -0.3 is 4.90 Å². The number of nitrogens with zero attached hydrogens (tertiary/aromatic N) is 1. The minimum Gasteiger partial charge on any atom is -0.338 e. The van der Waals surface area contributed by atoms with Crippen LogP contribution in [0.15, 0.2) is 11.6 Å². The first kappa shape index (κ1) is 15.7. The van der Waals surface area contributed by atoms with Crippen LogP contribution in [0.3, 0.4) is 0 Å². The minimum atomic E-state index is 0.303. The summed E-state index contributed by atoms with van der Waals surface area (Å²) in [5.41, 5.74) is 2.47. The molecule has 1 saturated heterocycles. The van der Waals surface area contributed by atoms with Crippen LogP contribution in [0.5, 0.6) is 0 Å². The fraction of sp³-hybridized carbons (Fsp3) is 0.857. The molecule has 3 saturated carbocycles. The summed E-state index contributed by atoms with van der Waals surface area (Å²) in [7, 11) is 2.05. The second kappa shape index (κ2) is 5.10. The van der Waals surface area contributed by atoms with Crippen molar-refractivity contribution in [2.24, 2.45) is 28.6 Å². The lowest BCUT2D eigenvalue weighted by Gasteiger charge is -2.62. The molecule has 1 aliphatic heterocycles. The maximum Gasteiger partial charge on any atom is 0.222 e. The highest BCUT2D eigenvalue weighted by Crippen LogP contribution is 2.65. The Kier molecular flexibility index (Phi) is 3.49. The molecule has 6 atom stereocenters. The Hall–Kier alpha value is -0.790. The molecule has 2 heteroatoms. The lowest BCUT2D eigenvalue weighted by Crippen LogP contribution is -2.61. The number of likely N-dealkylation sites (tertiary alicyclic amines) is 1. The Morgan fingerprint density at radius 3 is 2.65 bits per heavy atom. The average molecular weight is 316 g/mol. The smallest absolute Gasteiger partial charge is 0.222 e. The molecule has 0 aromatic heterocycles. The van der Waals surface area contributed by atoms with Crippen molar-refractivity contribution in [3.63, 3.8) is 0 Å². The molecule has 0 radical (unpaired) electrons. The van der Waals surface area contributed by atoms with Crippen molar-refractivity contribution in [3.8, 4) is 0 Å². The minimum absolute atomic E-state index is 0.303. The number of carbonyl (C=O) groups excluding carboxylic acids is 1. The van der Waals surface area contributed by atoms with Gasteiger partial charge in [-0.05, 0) is 74.0 Å². The summed E-state index contributed by atoms with van der Waals surface area (Å²) in [6, 6.07) is 0.362. The number of amides is 1. The molecule has 4 fully saturated rings. The van der Waals surface area contributed by atoms with Crippen LogP contribution >= 0.6 is 0 Å². The predicted molar refractivity (Wildman–Crippen MR) is 93.9 cm³/mol. The average Bonchev–Trinajstić information content (AvgIpc) is 2.92. The Labute approximate surface area is 141 Å². The first-order chi connectivity index (χ1) is 10.9. The fourth-order valence-electron chi connectivity index (χ4n) is 7.38. The molecule has 0 spiro atoms. The topological polar surface area (TPSA) is 20.3 Å². The van der Waals surface area contributed by atoms with Gasteiger partial charge in [-0.1, -0.05) is 31.9 Å². The molecule has 1 heterocycles. The Morgan fingerprint density at radius 2 is 1.91 bits per heavy atom. The van der Waals surface area contributed by atoms with E-state index in [9.17, 15) is 4.79 Å². The van der Waals surface area contributed by atoms with Crippen LogP contribution in [-0.2, 0) is 4.79 Å². The highest BCUT2D eigenvalue weighted by atomic mass is 16.2. The van der Waals surface area contributed by atoms with E-state index in [1.54, 1.807) is 5.57 Å². The number of allylic oxidation sites excluding steroid dienone is 1. The van der Waals surface area contributed by atoms with E-state index >= 15 is 0 Å². The lowest BCUT2D eigenvalue weighted by atomic mass is 9.46. The SMILES string of the molecule is CC=C1C[C@@H]2[C@@H](CC[C@]3(C)CCC[C@@H]23)[C@@]2(C)CCC(=O)N(C)C12. The second-order valence-electron chi connectivity index (χ2n) is 9.44. The van der Waals surface area contributed by atoms with Crippen LogP contribution in [0, 0.1) is 28.6 Å². The number of piperidine rings is 1. The standard InChI is InChI=1S/C21H33NO/c1-5-14-13-15-16-7-6-10-20(16,2)11-8-17(15)21(3)12-9-18(23)22(4)19(14)21/h5,15-17,19H,6-13H2,1-4H3/t15-,16-,17+,19?,20-,21+/m0/s1. The number of rotatable bonds is 0. The molecule has 0 bridgehead atoms. The monoisotopic (exact) mass is 315 g/mol. The molecule has 0 N–H and O–H groups in total. The van der Waals surface area contributed by atoms with E-state index in [0.717, 1.165) is 30.6 Å². The summed E-state index contributed by atoms with van der Waals surface area (Å²) in [6.07, 6.45) is 12.6. The van der Waals surface area contributed by atoms with Crippen molar-refractivity contribution in [1.29, 1.82) is 0 Å². The largest absolute Gasteiger partial charge is 0.338 e. The molecular weight excluding hydrogens is 282 g/mol. The quantitative estimate of drug-likeness (QED) is 0.588. The summed E-state index contributed by atoms with van der Waals surface area (Å²) < 4.78 is 0. The zero-order valence-corrected chi connectivity index (χ0v) is 15.4. The third-order valence-electron chi connectivity index (χ3n) is 8.54. The second-order valence-corrected chi connectivity index (χ2v) is 9.44. The van der Waals surface area contributed by atoms with Gasteiger partial charge in [0.2, 0.25) is 5.91 Å². The molecule has 4 aliphatic rings. The van der Waals surface area contributed by atoms with E-state index in [4.69, 9.17) is 0 Å². The Morgan fingerprint density at radius 1 is 1.13 bits per heavy atom. The highest BCUT2D eigenvalue weighted by molar-refractivity contribution is 5.78. The molecule has 23 heavy (non-hydrogen) atoms. The molecular formula is C21H33NO. The zero-order chi connectivity index (χ0) is 16.4. The van der Waals surface area contributed by atoms with Gasteiger partial charge in [0.25, 0.3) is 0 Å². The summed E-state index contributed by atoms with van der Waals surface area (Å²) in [6.45, 7) is 7.28. The van der Waals surface area contributed by atoms with Crippen LogP contribution in [0.1, 0.15) is 72.1 Å². The number of likely N-dealkylation sites (N-methyl/N-ethyl adjacent to an activating group) is 1. The number of fused-ring (bicyclic) bond motifs is 5. The zero-order valence-electron chi connectivity index (χ0n) is 15.4. The van der Waals surface area contributed by atoms with E-state index in [-0.39, 0.29) is 0 Å². The van der Waals surface area contributed by atoms with Crippen molar-refractivity contribution < 1.29 is 4.79 Å². The van der Waals surface area contributed by atoms with Crippen LogP contribution < -0.4 is 0 Å². The highest BCUT2D eigenvalue weighted by Gasteiger charge is 2.60. The summed E-state index contributed by atoms with van der Waals surface area (Å²) in [5.74, 6) is 2.97. The molecule has 3 aliphatic carbocycles. The van der Waals surface area contributed by atoms with Gasteiger partial charge in [-0.3, -0.25) is 4.79 Å². The third kappa shape index (κ3) is 2.02. The first-order valence-corrected chi connectivity index (χ1v) is 9.81. The van der Waals surface area contributed by atoms with Crippen molar-refractivity contribution in [2.75, 3.05) is 7.05 Å². The van der Waals surface area contributed by atoms with Crippen molar-refractivity contribution in [1.82, 2.24) is 4.90 Å². The lowest BCUT2D eigenvalue weighted by molar-refractivity contribution is -0.149. The van der Waals surface area contributed by atoms with E-state index in [1.165, 1.54) is 38.5 Å². The molecule has 0 aromatic carbocycles. The van der Waals surface area contributed by atoms with Gasteiger partial charge in [0.15, 0.2) is 0 Å².